The van der Waals surface area contributed by atoms with Gasteiger partial charge in [-0.2, -0.15) is 0 Å². The third kappa shape index (κ3) is 2.68. The van der Waals surface area contributed by atoms with E-state index >= 15 is 0 Å². The van der Waals surface area contributed by atoms with Gasteiger partial charge < -0.3 is 10.2 Å². The summed E-state index contributed by atoms with van der Waals surface area (Å²) < 4.78 is 13.1. The molecule has 0 bridgehead atoms. The van der Waals surface area contributed by atoms with Gasteiger partial charge in [0.2, 0.25) is 0 Å². The van der Waals surface area contributed by atoms with Crippen molar-refractivity contribution in [3.05, 3.63) is 34.6 Å². The second kappa shape index (κ2) is 4.39. The molecule has 0 amide bonds. The number of rotatable bonds is 3. The molecule has 0 radical (unpaired) electrons. The minimum absolute atomic E-state index is 0.0585. The molecule has 5 heteroatoms. The largest absolute Gasteiger partial charge is 0.481 e. The van der Waals surface area contributed by atoms with Gasteiger partial charge in [-0.15, -0.1) is 0 Å². The molecule has 0 saturated carbocycles. The molecule has 2 N–H and O–H groups in total. The van der Waals surface area contributed by atoms with E-state index < -0.39 is 24.3 Å². The van der Waals surface area contributed by atoms with Crippen molar-refractivity contribution < 1.29 is 19.4 Å². The molecule has 0 aliphatic rings. The van der Waals surface area contributed by atoms with Crippen molar-refractivity contribution in [2.24, 2.45) is 0 Å². The Bertz CT molecular complexity index is 354. The van der Waals surface area contributed by atoms with E-state index in [-0.39, 0.29) is 10.6 Å². The lowest BCUT2D eigenvalue weighted by atomic mass is 10.1. The lowest BCUT2D eigenvalue weighted by molar-refractivity contribution is -0.139. The second-order valence-corrected chi connectivity index (χ2v) is 3.22. The van der Waals surface area contributed by atoms with Crippen LogP contribution in [0.2, 0.25) is 5.02 Å². The van der Waals surface area contributed by atoms with Crippen LogP contribution >= 0.6 is 11.6 Å². The van der Waals surface area contributed by atoms with Crippen molar-refractivity contribution in [3.63, 3.8) is 0 Å². The van der Waals surface area contributed by atoms with Crippen LogP contribution < -0.4 is 0 Å². The highest BCUT2D eigenvalue weighted by Crippen LogP contribution is 2.22. The Labute approximate surface area is 84.7 Å². The van der Waals surface area contributed by atoms with Gasteiger partial charge in [0.1, 0.15) is 5.82 Å². The number of hydrogen-bond donors (Lipinski definition) is 2. The minimum atomic E-state index is -1.34. The fraction of sp³-hybridized carbons (Fsp3) is 0.222. The highest BCUT2D eigenvalue weighted by Gasteiger charge is 2.15. The molecular formula is C9H8ClFO3. The van der Waals surface area contributed by atoms with E-state index in [0.29, 0.717) is 0 Å². The average Bonchev–Trinajstić information content (AvgIpc) is 2.01. The fourth-order valence-corrected chi connectivity index (χ4v) is 1.21. The number of halogens is 2. The van der Waals surface area contributed by atoms with Crippen LogP contribution in [0.1, 0.15) is 18.1 Å². The smallest absolute Gasteiger partial charge is 0.306 e. The van der Waals surface area contributed by atoms with Crippen molar-refractivity contribution in [3.8, 4) is 0 Å². The van der Waals surface area contributed by atoms with Crippen molar-refractivity contribution in [1.82, 2.24) is 0 Å². The van der Waals surface area contributed by atoms with Crippen LogP contribution in [0, 0.1) is 5.82 Å². The first-order valence-corrected chi connectivity index (χ1v) is 4.23. The van der Waals surface area contributed by atoms with E-state index in [0.717, 1.165) is 6.07 Å². The molecule has 3 nitrogen and oxygen atoms in total. The first-order chi connectivity index (χ1) is 6.50. The standard InChI is InChI=1S/C9H8ClFO3/c10-5-1-2-6(7(11)3-5)8(12)4-9(13)14/h1-3,8,12H,4H2,(H,13,14)/t8-/m1/s1. The Hall–Kier alpha value is -1.13. The SMILES string of the molecule is O=C(O)C[C@@H](O)c1ccc(Cl)cc1F. The van der Waals surface area contributed by atoms with E-state index in [9.17, 15) is 14.3 Å². The van der Waals surface area contributed by atoms with Crippen molar-refractivity contribution in [2.75, 3.05) is 0 Å². The third-order valence-electron chi connectivity index (χ3n) is 1.69. The summed E-state index contributed by atoms with van der Waals surface area (Å²) in [6.45, 7) is 0. The second-order valence-electron chi connectivity index (χ2n) is 2.78. The summed E-state index contributed by atoms with van der Waals surface area (Å²) in [6.07, 6.45) is -1.87. The summed E-state index contributed by atoms with van der Waals surface area (Å²) in [6, 6.07) is 3.69. The van der Waals surface area contributed by atoms with Gasteiger partial charge in [0.25, 0.3) is 0 Å². The normalized spacial score (nSPS) is 12.5. The number of carbonyl (C=O) groups is 1. The van der Waals surface area contributed by atoms with Crippen LogP contribution in [-0.4, -0.2) is 16.2 Å². The zero-order valence-electron chi connectivity index (χ0n) is 7.08. The molecule has 0 aliphatic heterocycles. The molecule has 0 aliphatic carbocycles. The first-order valence-electron chi connectivity index (χ1n) is 3.85. The summed E-state index contributed by atoms with van der Waals surface area (Å²) >= 11 is 5.49. The van der Waals surface area contributed by atoms with Gasteiger partial charge in [0.05, 0.1) is 12.5 Å². The fourth-order valence-electron chi connectivity index (χ4n) is 1.05. The highest BCUT2D eigenvalue weighted by atomic mass is 35.5. The maximum absolute atomic E-state index is 13.1. The molecule has 76 valence electrons. The average molecular weight is 219 g/mol. The number of hydrogen-bond acceptors (Lipinski definition) is 2. The van der Waals surface area contributed by atoms with E-state index in [1.165, 1.54) is 12.1 Å². The van der Waals surface area contributed by atoms with Gasteiger partial charge >= 0.3 is 5.97 Å². The van der Waals surface area contributed by atoms with Crippen LogP contribution in [0.4, 0.5) is 4.39 Å². The van der Waals surface area contributed by atoms with Crippen LogP contribution in [0.5, 0.6) is 0 Å². The van der Waals surface area contributed by atoms with Gasteiger partial charge in [0, 0.05) is 10.6 Å². The van der Waals surface area contributed by atoms with E-state index in [4.69, 9.17) is 16.7 Å². The topological polar surface area (TPSA) is 57.5 Å². The Morgan fingerprint density at radius 3 is 2.71 bits per heavy atom. The molecule has 14 heavy (non-hydrogen) atoms. The number of aliphatic hydroxyl groups excluding tert-OH is 1. The third-order valence-corrected chi connectivity index (χ3v) is 1.92. The summed E-state index contributed by atoms with van der Waals surface area (Å²) in [5.41, 5.74) is -0.0585. The molecule has 1 atom stereocenters. The van der Waals surface area contributed by atoms with Crippen molar-refractivity contribution >= 4 is 17.6 Å². The molecule has 0 aromatic heterocycles. The van der Waals surface area contributed by atoms with Gasteiger partial charge in [-0.05, 0) is 12.1 Å². The highest BCUT2D eigenvalue weighted by molar-refractivity contribution is 6.30. The maximum atomic E-state index is 13.1. The molecular weight excluding hydrogens is 211 g/mol. The molecule has 0 spiro atoms. The molecule has 1 rings (SSSR count). The quantitative estimate of drug-likeness (QED) is 0.816. The minimum Gasteiger partial charge on any atom is -0.481 e. The van der Waals surface area contributed by atoms with Gasteiger partial charge in [-0.3, -0.25) is 4.79 Å². The predicted molar refractivity (Wildman–Crippen MR) is 48.6 cm³/mol. The monoisotopic (exact) mass is 218 g/mol. The number of aliphatic hydroxyl groups is 1. The number of carboxylic acids is 1. The summed E-state index contributed by atoms with van der Waals surface area (Å²) in [5.74, 6) is -1.89. The molecule has 1 aromatic rings. The Kier molecular flexibility index (Phi) is 3.43. The Morgan fingerprint density at radius 1 is 1.57 bits per heavy atom. The van der Waals surface area contributed by atoms with Crippen LogP contribution in [0.25, 0.3) is 0 Å². The molecule has 0 heterocycles. The van der Waals surface area contributed by atoms with Crippen LogP contribution in [0.3, 0.4) is 0 Å². The number of benzene rings is 1. The Morgan fingerprint density at radius 2 is 2.21 bits per heavy atom. The van der Waals surface area contributed by atoms with Gasteiger partial charge in [-0.25, -0.2) is 4.39 Å². The van der Waals surface area contributed by atoms with Crippen molar-refractivity contribution in [2.45, 2.75) is 12.5 Å². The summed E-state index contributed by atoms with van der Waals surface area (Å²) in [5, 5.41) is 17.9. The van der Waals surface area contributed by atoms with E-state index in [2.05, 4.69) is 0 Å². The van der Waals surface area contributed by atoms with Gasteiger partial charge in [-0.1, -0.05) is 17.7 Å². The zero-order valence-corrected chi connectivity index (χ0v) is 7.83. The summed E-state index contributed by atoms with van der Waals surface area (Å²) in [7, 11) is 0. The lowest BCUT2D eigenvalue weighted by Crippen LogP contribution is -2.07. The lowest BCUT2D eigenvalue weighted by Gasteiger charge is -2.09. The van der Waals surface area contributed by atoms with Crippen LogP contribution in [-0.2, 0) is 4.79 Å². The first kappa shape index (κ1) is 10.9. The van der Waals surface area contributed by atoms with Crippen molar-refractivity contribution in [1.29, 1.82) is 0 Å². The number of aliphatic carboxylic acids is 1. The van der Waals surface area contributed by atoms with E-state index in [1.807, 2.05) is 0 Å². The number of carboxylic acid groups (broad SMARTS) is 1. The predicted octanol–water partition coefficient (Wildman–Crippen LogP) is 1.99. The van der Waals surface area contributed by atoms with Crippen LogP contribution in [0.15, 0.2) is 18.2 Å². The zero-order chi connectivity index (χ0) is 10.7. The summed E-state index contributed by atoms with van der Waals surface area (Å²) in [4.78, 5) is 10.3. The Balaban J connectivity index is 2.90. The van der Waals surface area contributed by atoms with E-state index in [1.54, 1.807) is 0 Å². The molecule has 0 unspecified atom stereocenters. The molecule has 0 saturated heterocycles. The molecule has 1 aromatic carbocycles. The van der Waals surface area contributed by atoms with Gasteiger partial charge in [0.15, 0.2) is 0 Å². The maximum Gasteiger partial charge on any atom is 0.306 e. The molecule has 0 fully saturated rings.